The van der Waals surface area contributed by atoms with E-state index in [0.717, 1.165) is 18.1 Å². The van der Waals surface area contributed by atoms with Crippen LogP contribution < -0.4 is 0 Å². The van der Waals surface area contributed by atoms with E-state index in [9.17, 15) is 4.79 Å². The van der Waals surface area contributed by atoms with Gasteiger partial charge in [-0.2, -0.15) is 0 Å². The van der Waals surface area contributed by atoms with Gasteiger partial charge in [0.15, 0.2) is 6.29 Å². The number of methoxy groups -OCH3 is 1. The molecule has 5 heteroatoms. The van der Waals surface area contributed by atoms with E-state index >= 15 is 0 Å². The molecule has 0 aromatic heterocycles. The van der Waals surface area contributed by atoms with Gasteiger partial charge in [0.2, 0.25) is 0 Å². The van der Waals surface area contributed by atoms with Gasteiger partial charge in [0, 0.05) is 24.5 Å². The fraction of sp³-hybridized carbons (Fsp3) is 0.909. The first-order chi connectivity index (χ1) is 7.72. The Morgan fingerprint density at radius 2 is 2.31 bits per heavy atom. The van der Waals surface area contributed by atoms with Gasteiger partial charge in [-0.05, 0) is 26.2 Å². The van der Waals surface area contributed by atoms with Crippen LogP contribution >= 0.6 is 21.6 Å². The van der Waals surface area contributed by atoms with Crippen molar-refractivity contribution in [2.24, 2.45) is 0 Å². The number of carbonyl (C=O) groups excluding carboxylic acids is 1. The molecule has 0 aromatic carbocycles. The van der Waals surface area contributed by atoms with Crippen LogP contribution in [0.3, 0.4) is 0 Å². The molecule has 94 valence electrons. The molecule has 3 nitrogen and oxygen atoms in total. The van der Waals surface area contributed by atoms with Gasteiger partial charge in [0.05, 0.1) is 0 Å². The summed E-state index contributed by atoms with van der Waals surface area (Å²) in [6.45, 7) is 1.73. The zero-order valence-electron chi connectivity index (χ0n) is 9.94. The number of esters is 1. The van der Waals surface area contributed by atoms with Crippen molar-refractivity contribution in [1.29, 1.82) is 0 Å². The average molecular weight is 264 g/mol. The molecule has 0 N–H and O–H groups in total. The van der Waals surface area contributed by atoms with E-state index in [0.29, 0.717) is 6.42 Å². The molecule has 0 bridgehead atoms. The summed E-state index contributed by atoms with van der Waals surface area (Å²) in [5.41, 5.74) is 0. The van der Waals surface area contributed by atoms with Gasteiger partial charge in [-0.15, -0.1) is 0 Å². The van der Waals surface area contributed by atoms with Gasteiger partial charge in [-0.25, -0.2) is 0 Å². The van der Waals surface area contributed by atoms with E-state index in [4.69, 9.17) is 9.47 Å². The Balaban J connectivity index is 1.95. The molecule has 1 saturated heterocycles. The standard InChI is InChI=1S/C11H20O3S2/c1-9(13-2)14-11(12)6-4-3-5-10-7-8-15-16-10/h9-10H,3-8H2,1-2H3. The fourth-order valence-electron chi connectivity index (χ4n) is 1.50. The number of hydrogen-bond acceptors (Lipinski definition) is 5. The maximum atomic E-state index is 11.3. The minimum Gasteiger partial charge on any atom is -0.436 e. The van der Waals surface area contributed by atoms with Crippen LogP contribution in [0.1, 0.15) is 39.0 Å². The molecule has 1 aliphatic heterocycles. The number of hydrogen-bond donors (Lipinski definition) is 0. The molecule has 1 fully saturated rings. The van der Waals surface area contributed by atoms with Gasteiger partial charge >= 0.3 is 5.97 Å². The summed E-state index contributed by atoms with van der Waals surface area (Å²) in [6, 6.07) is 0. The number of carbonyl (C=O) groups is 1. The highest BCUT2D eigenvalue weighted by atomic mass is 33.1. The molecule has 0 spiro atoms. The van der Waals surface area contributed by atoms with Crippen LogP contribution in [-0.4, -0.2) is 30.4 Å². The molecule has 16 heavy (non-hydrogen) atoms. The third-order valence-corrected chi connectivity index (χ3v) is 5.52. The third-order valence-electron chi connectivity index (χ3n) is 2.51. The van der Waals surface area contributed by atoms with Crippen molar-refractivity contribution in [3.63, 3.8) is 0 Å². The van der Waals surface area contributed by atoms with Crippen molar-refractivity contribution in [1.82, 2.24) is 0 Å². The fourth-order valence-corrected chi connectivity index (χ4v) is 4.53. The summed E-state index contributed by atoms with van der Waals surface area (Å²) < 4.78 is 9.86. The average Bonchev–Trinajstić information content (AvgIpc) is 2.77. The van der Waals surface area contributed by atoms with Crippen LogP contribution in [0.25, 0.3) is 0 Å². The van der Waals surface area contributed by atoms with E-state index in [1.807, 2.05) is 21.6 Å². The van der Waals surface area contributed by atoms with Crippen LogP contribution in [0, 0.1) is 0 Å². The monoisotopic (exact) mass is 264 g/mol. The van der Waals surface area contributed by atoms with Gasteiger partial charge in [-0.1, -0.05) is 28.0 Å². The first kappa shape index (κ1) is 14.2. The highest BCUT2D eigenvalue weighted by Gasteiger charge is 2.16. The molecule has 1 aliphatic rings. The second kappa shape index (κ2) is 8.25. The molecule has 0 amide bonds. The molecule has 2 atom stereocenters. The van der Waals surface area contributed by atoms with Crippen LogP contribution in [0.2, 0.25) is 0 Å². The van der Waals surface area contributed by atoms with E-state index < -0.39 is 6.29 Å². The minimum atomic E-state index is -0.422. The lowest BCUT2D eigenvalue weighted by molar-refractivity contribution is -0.169. The van der Waals surface area contributed by atoms with Crippen molar-refractivity contribution < 1.29 is 14.3 Å². The Bertz CT molecular complexity index is 205. The summed E-state index contributed by atoms with van der Waals surface area (Å²) in [5, 5.41) is 0.805. The molecular weight excluding hydrogens is 244 g/mol. The van der Waals surface area contributed by atoms with E-state index in [1.165, 1.54) is 25.7 Å². The van der Waals surface area contributed by atoms with Gasteiger partial charge in [-0.3, -0.25) is 4.79 Å². The van der Waals surface area contributed by atoms with Crippen LogP contribution in [0.15, 0.2) is 0 Å². The predicted molar refractivity (Wildman–Crippen MR) is 69.5 cm³/mol. The Hall–Kier alpha value is 0.130. The maximum absolute atomic E-state index is 11.3. The summed E-state index contributed by atoms with van der Waals surface area (Å²) in [5.74, 6) is 1.13. The first-order valence-corrected chi connectivity index (χ1v) is 8.11. The van der Waals surface area contributed by atoms with Gasteiger partial charge in [0.25, 0.3) is 0 Å². The van der Waals surface area contributed by atoms with Crippen molar-refractivity contribution in [2.75, 3.05) is 12.9 Å². The summed E-state index contributed by atoms with van der Waals surface area (Å²) in [7, 11) is 5.50. The number of ether oxygens (including phenoxy) is 2. The van der Waals surface area contributed by atoms with Crippen LogP contribution in [-0.2, 0) is 14.3 Å². The first-order valence-electron chi connectivity index (χ1n) is 5.73. The van der Waals surface area contributed by atoms with Gasteiger partial charge < -0.3 is 9.47 Å². The largest absolute Gasteiger partial charge is 0.436 e. The Labute approximate surface area is 105 Å². The van der Waals surface area contributed by atoms with Crippen LogP contribution in [0.5, 0.6) is 0 Å². The zero-order valence-corrected chi connectivity index (χ0v) is 11.6. The number of rotatable bonds is 7. The highest BCUT2D eigenvalue weighted by molar-refractivity contribution is 8.77. The Kier molecular flexibility index (Phi) is 7.32. The normalized spacial score (nSPS) is 22.0. The third kappa shape index (κ3) is 6.01. The quantitative estimate of drug-likeness (QED) is 0.305. The van der Waals surface area contributed by atoms with E-state index in [1.54, 1.807) is 6.92 Å². The van der Waals surface area contributed by atoms with E-state index in [-0.39, 0.29) is 5.97 Å². The van der Waals surface area contributed by atoms with E-state index in [2.05, 4.69) is 0 Å². The smallest absolute Gasteiger partial charge is 0.308 e. The second-order valence-corrected chi connectivity index (χ2v) is 6.66. The molecule has 2 unspecified atom stereocenters. The predicted octanol–water partition coefficient (Wildman–Crippen LogP) is 3.24. The topological polar surface area (TPSA) is 35.5 Å². The summed E-state index contributed by atoms with van der Waals surface area (Å²) >= 11 is 0. The summed E-state index contributed by atoms with van der Waals surface area (Å²) in [6.07, 6.45) is 4.68. The lowest BCUT2D eigenvalue weighted by atomic mass is 10.1. The lowest BCUT2D eigenvalue weighted by Gasteiger charge is -2.11. The summed E-state index contributed by atoms with van der Waals surface area (Å²) in [4.78, 5) is 11.3. The SMILES string of the molecule is COC(C)OC(=O)CCCCC1CCSS1. The molecule has 0 aromatic rings. The second-order valence-electron chi connectivity index (χ2n) is 3.87. The molecule has 1 rings (SSSR count). The lowest BCUT2D eigenvalue weighted by Crippen LogP contribution is -2.16. The molecular formula is C11H20O3S2. The van der Waals surface area contributed by atoms with Crippen LogP contribution in [0.4, 0.5) is 0 Å². The Morgan fingerprint density at radius 3 is 2.94 bits per heavy atom. The molecule has 0 radical (unpaired) electrons. The molecule has 0 aliphatic carbocycles. The van der Waals surface area contributed by atoms with Crippen molar-refractivity contribution in [3.05, 3.63) is 0 Å². The zero-order chi connectivity index (χ0) is 11.8. The highest BCUT2D eigenvalue weighted by Crippen LogP contribution is 2.39. The van der Waals surface area contributed by atoms with Crippen molar-refractivity contribution in [2.45, 2.75) is 50.6 Å². The minimum absolute atomic E-state index is 0.150. The molecule has 0 saturated carbocycles. The maximum Gasteiger partial charge on any atom is 0.308 e. The van der Waals surface area contributed by atoms with Gasteiger partial charge in [0.1, 0.15) is 0 Å². The number of unbranched alkanes of at least 4 members (excludes halogenated alkanes) is 1. The Morgan fingerprint density at radius 1 is 1.50 bits per heavy atom. The van der Waals surface area contributed by atoms with Crippen molar-refractivity contribution in [3.8, 4) is 0 Å². The molecule has 1 heterocycles. The van der Waals surface area contributed by atoms with Crippen molar-refractivity contribution >= 4 is 27.6 Å².